The topological polar surface area (TPSA) is 41.6 Å². The van der Waals surface area contributed by atoms with Crippen LogP contribution in [0, 0.1) is 5.82 Å². The summed E-state index contributed by atoms with van der Waals surface area (Å²) >= 11 is 0. The molecule has 2 fully saturated rings. The van der Waals surface area contributed by atoms with Crippen molar-refractivity contribution < 1.29 is 13.9 Å². The van der Waals surface area contributed by atoms with Gasteiger partial charge in [-0.05, 0) is 32.0 Å². The zero-order valence-electron chi connectivity index (χ0n) is 10.7. The highest BCUT2D eigenvalue weighted by Crippen LogP contribution is 2.34. The van der Waals surface area contributed by atoms with Gasteiger partial charge in [0.25, 0.3) is 0 Å². The van der Waals surface area contributed by atoms with Crippen LogP contribution in [0.5, 0.6) is 0 Å². The maximum absolute atomic E-state index is 13.7. The molecule has 0 saturated carbocycles. The monoisotopic (exact) mass is 264 g/mol. The quantitative estimate of drug-likeness (QED) is 0.887. The normalized spacial score (nSPS) is 21.7. The number of amides is 1. The molecular weight excluding hydrogens is 247 g/mol. The van der Waals surface area contributed by atoms with Crippen molar-refractivity contribution in [1.82, 2.24) is 10.2 Å². The first kappa shape index (κ1) is 12.4. The lowest BCUT2D eigenvalue weighted by Crippen LogP contribution is -2.53. The molecule has 1 aromatic rings. The number of hydrogen-bond acceptors (Lipinski definition) is 3. The van der Waals surface area contributed by atoms with Crippen LogP contribution in [0.2, 0.25) is 0 Å². The van der Waals surface area contributed by atoms with Gasteiger partial charge in [0, 0.05) is 5.56 Å². The molecule has 0 unspecified atom stereocenters. The lowest BCUT2D eigenvalue weighted by molar-refractivity contribution is 0.118. The molecule has 0 radical (unpaired) electrons. The number of carbonyl (C=O) groups is 1. The second-order valence-corrected chi connectivity index (χ2v) is 5.21. The number of nitrogens with zero attached hydrogens (tertiary/aromatic N) is 1. The van der Waals surface area contributed by atoms with Crippen molar-refractivity contribution in [3.05, 3.63) is 35.6 Å². The number of carbonyl (C=O) groups excluding carboxylic acids is 1. The average molecular weight is 264 g/mol. The lowest BCUT2D eigenvalue weighted by atomic mass is 9.88. The van der Waals surface area contributed by atoms with Crippen LogP contribution < -0.4 is 5.32 Å². The summed E-state index contributed by atoms with van der Waals surface area (Å²) in [5.74, 6) is -0.272. The van der Waals surface area contributed by atoms with Crippen molar-refractivity contribution in [3.63, 3.8) is 0 Å². The molecule has 0 bridgehead atoms. The van der Waals surface area contributed by atoms with E-state index in [1.165, 1.54) is 6.07 Å². The van der Waals surface area contributed by atoms with E-state index in [0.717, 1.165) is 25.9 Å². The van der Waals surface area contributed by atoms with Crippen LogP contribution in [0.25, 0.3) is 0 Å². The largest absolute Gasteiger partial charge is 0.447 e. The lowest BCUT2D eigenvalue weighted by Gasteiger charge is -2.38. The Bertz CT molecular complexity index is 486. The third-order valence-corrected chi connectivity index (χ3v) is 4.08. The van der Waals surface area contributed by atoms with Crippen LogP contribution in [0.15, 0.2) is 24.3 Å². The smallest absolute Gasteiger partial charge is 0.410 e. The number of hydrogen-bond donors (Lipinski definition) is 1. The van der Waals surface area contributed by atoms with Crippen molar-refractivity contribution in [2.75, 3.05) is 19.7 Å². The molecule has 0 aromatic heterocycles. The third-order valence-electron chi connectivity index (χ3n) is 4.08. The van der Waals surface area contributed by atoms with Crippen LogP contribution in [0.1, 0.15) is 18.4 Å². The number of rotatable bonds is 2. The number of ether oxygens (including phenoxy) is 1. The Balaban J connectivity index is 1.85. The minimum absolute atomic E-state index is 0.259. The van der Waals surface area contributed by atoms with Gasteiger partial charge in [-0.1, -0.05) is 18.2 Å². The summed E-state index contributed by atoms with van der Waals surface area (Å²) in [6.07, 6.45) is 1.38. The minimum Gasteiger partial charge on any atom is -0.447 e. The second kappa shape index (κ2) is 4.81. The van der Waals surface area contributed by atoms with E-state index in [9.17, 15) is 9.18 Å². The van der Waals surface area contributed by atoms with Crippen molar-refractivity contribution in [3.8, 4) is 0 Å². The summed E-state index contributed by atoms with van der Waals surface area (Å²) in [4.78, 5) is 13.6. The summed E-state index contributed by atoms with van der Waals surface area (Å²) in [7, 11) is 0. The summed E-state index contributed by atoms with van der Waals surface area (Å²) in [5.41, 5.74) is 0.282. The number of benzene rings is 1. The first-order valence-corrected chi connectivity index (χ1v) is 6.60. The van der Waals surface area contributed by atoms with E-state index in [1.54, 1.807) is 23.1 Å². The predicted molar refractivity (Wildman–Crippen MR) is 68.1 cm³/mol. The van der Waals surface area contributed by atoms with E-state index in [2.05, 4.69) is 5.32 Å². The van der Waals surface area contributed by atoms with Gasteiger partial charge in [-0.3, -0.25) is 4.90 Å². The molecule has 0 aliphatic carbocycles. The van der Waals surface area contributed by atoms with Gasteiger partial charge < -0.3 is 10.1 Å². The van der Waals surface area contributed by atoms with Crippen LogP contribution in [-0.4, -0.2) is 36.2 Å². The Hall–Kier alpha value is -1.62. The molecule has 0 atom stereocenters. The van der Waals surface area contributed by atoms with Crippen molar-refractivity contribution >= 4 is 6.09 Å². The van der Waals surface area contributed by atoms with Crippen LogP contribution in [0.4, 0.5) is 9.18 Å². The van der Waals surface area contributed by atoms with Crippen molar-refractivity contribution in [2.24, 2.45) is 0 Å². The maximum Gasteiger partial charge on any atom is 0.410 e. The molecule has 2 aliphatic heterocycles. The molecule has 2 saturated heterocycles. The van der Waals surface area contributed by atoms with Gasteiger partial charge in [0.2, 0.25) is 0 Å². The molecular formula is C14H17FN2O2. The molecule has 3 rings (SSSR count). The Morgan fingerprint density at radius 2 is 2.05 bits per heavy atom. The summed E-state index contributed by atoms with van der Waals surface area (Å²) in [6, 6.07) is 6.58. The second-order valence-electron chi connectivity index (χ2n) is 5.21. The standard InChI is InChI=1S/C14H17FN2O2/c15-12-4-2-1-3-11(12)9-17-13(18)19-10-14(17)5-7-16-8-6-14/h1-4,16H,5-10H2. The van der Waals surface area contributed by atoms with E-state index in [4.69, 9.17) is 4.74 Å². The molecule has 1 spiro atoms. The Morgan fingerprint density at radius 3 is 2.79 bits per heavy atom. The molecule has 2 heterocycles. The summed E-state index contributed by atoms with van der Waals surface area (Å²) in [5, 5.41) is 3.28. The molecule has 2 aliphatic rings. The van der Waals surface area contributed by atoms with Gasteiger partial charge in [-0.15, -0.1) is 0 Å². The van der Waals surface area contributed by atoms with Crippen molar-refractivity contribution in [1.29, 1.82) is 0 Å². The number of nitrogens with one attached hydrogen (secondary N) is 1. The number of halogens is 1. The highest BCUT2D eigenvalue weighted by Gasteiger charge is 2.47. The van der Waals surface area contributed by atoms with E-state index in [-0.39, 0.29) is 24.0 Å². The molecule has 1 amide bonds. The zero-order valence-corrected chi connectivity index (χ0v) is 10.7. The molecule has 19 heavy (non-hydrogen) atoms. The third kappa shape index (κ3) is 2.18. The summed E-state index contributed by atoms with van der Waals surface area (Å²) in [6.45, 7) is 2.43. The fourth-order valence-electron chi connectivity index (χ4n) is 2.88. The SMILES string of the molecule is O=C1OCC2(CCNCC2)N1Cc1ccccc1F. The van der Waals surface area contributed by atoms with Crippen LogP contribution in [-0.2, 0) is 11.3 Å². The Morgan fingerprint density at radius 1 is 1.32 bits per heavy atom. The van der Waals surface area contributed by atoms with E-state index >= 15 is 0 Å². The Kier molecular flexibility index (Phi) is 3.14. The van der Waals surface area contributed by atoms with Gasteiger partial charge in [0.1, 0.15) is 12.4 Å². The van der Waals surface area contributed by atoms with Crippen molar-refractivity contribution in [2.45, 2.75) is 24.9 Å². The van der Waals surface area contributed by atoms with E-state index < -0.39 is 0 Å². The molecule has 4 nitrogen and oxygen atoms in total. The zero-order chi connectivity index (χ0) is 13.3. The average Bonchev–Trinajstić information content (AvgIpc) is 2.71. The molecule has 1 N–H and O–H groups in total. The van der Waals surface area contributed by atoms with Crippen LogP contribution >= 0.6 is 0 Å². The number of cyclic esters (lactones) is 1. The van der Waals surface area contributed by atoms with Crippen LogP contribution in [0.3, 0.4) is 0 Å². The number of piperidine rings is 1. The fraction of sp³-hybridized carbons (Fsp3) is 0.500. The maximum atomic E-state index is 13.7. The highest BCUT2D eigenvalue weighted by molar-refractivity contribution is 5.71. The Labute approximate surface area is 111 Å². The molecule has 5 heteroatoms. The first-order chi connectivity index (χ1) is 9.21. The van der Waals surface area contributed by atoms with Gasteiger partial charge >= 0.3 is 6.09 Å². The van der Waals surface area contributed by atoms with Gasteiger partial charge in [0.15, 0.2) is 0 Å². The molecule has 1 aromatic carbocycles. The first-order valence-electron chi connectivity index (χ1n) is 6.60. The van der Waals surface area contributed by atoms with Gasteiger partial charge in [0.05, 0.1) is 12.1 Å². The van der Waals surface area contributed by atoms with E-state index in [1.807, 2.05) is 0 Å². The van der Waals surface area contributed by atoms with Gasteiger partial charge in [-0.2, -0.15) is 0 Å². The fourth-order valence-corrected chi connectivity index (χ4v) is 2.88. The van der Waals surface area contributed by atoms with Gasteiger partial charge in [-0.25, -0.2) is 9.18 Å². The summed E-state index contributed by atoms with van der Waals surface area (Å²) < 4.78 is 18.9. The highest BCUT2D eigenvalue weighted by atomic mass is 19.1. The minimum atomic E-state index is -0.329. The predicted octanol–water partition coefficient (Wildman–Crippen LogP) is 1.90. The van der Waals surface area contributed by atoms with E-state index in [0.29, 0.717) is 12.2 Å². The molecule has 102 valence electrons.